The summed E-state index contributed by atoms with van der Waals surface area (Å²) < 4.78 is 24.4. The molecule has 2 fully saturated rings. The Balaban J connectivity index is 0.00000323. The van der Waals surface area contributed by atoms with Gasteiger partial charge in [0.2, 0.25) is 11.7 Å². The van der Waals surface area contributed by atoms with Crippen molar-refractivity contribution in [3.05, 3.63) is 60.4 Å². The van der Waals surface area contributed by atoms with Crippen LogP contribution in [0.4, 0.5) is 10.1 Å². The molecule has 1 radical (unpaired) electrons. The van der Waals surface area contributed by atoms with Crippen LogP contribution in [0.1, 0.15) is 61.3 Å². The zero-order chi connectivity index (χ0) is 26.9. The van der Waals surface area contributed by atoms with E-state index in [4.69, 9.17) is 4.52 Å². The molecule has 0 unspecified atom stereocenters. The molecule has 0 bridgehead atoms. The molecular weight excluding hydrogens is 759 g/mol. The van der Waals surface area contributed by atoms with Crippen molar-refractivity contribution >= 4 is 22.5 Å². The van der Waals surface area contributed by atoms with Crippen LogP contribution in [0.15, 0.2) is 47.2 Å². The smallest absolute Gasteiger partial charge is 0.253 e. The summed E-state index contributed by atoms with van der Waals surface area (Å²) in [7, 11) is 1.93. The van der Waals surface area contributed by atoms with E-state index in [-0.39, 0.29) is 24.7 Å². The first kappa shape index (κ1) is 26.9. The second-order valence-corrected chi connectivity index (χ2v) is 10.7. The number of hydrogen-bond acceptors (Lipinski definition) is 6. The van der Waals surface area contributed by atoms with Crippen molar-refractivity contribution in [3.63, 3.8) is 0 Å². The van der Waals surface area contributed by atoms with Gasteiger partial charge >= 0.3 is 0 Å². The van der Waals surface area contributed by atoms with E-state index < -0.39 is 0 Å². The van der Waals surface area contributed by atoms with Crippen LogP contribution in [0.5, 0.6) is 0 Å². The van der Waals surface area contributed by atoms with Gasteiger partial charge in [-0.25, -0.2) is 0 Å². The number of aromatic nitrogens is 4. The molecule has 6 rings (SSSR count). The van der Waals surface area contributed by atoms with Gasteiger partial charge in [-0.05, 0) is 64.0 Å². The molecular formula is C29H35FLrN7O2-. The average molecular weight is 795 g/mol. The first-order valence-electron chi connectivity index (χ1n) is 13.9. The van der Waals surface area contributed by atoms with Gasteiger partial charge in [-0.2, -0.15) is 4.98 Å². The number of benzene rings is 1. The van der Waals surface area contributed by atoms with Gasteiger partial charge in [-0.15, -0.1) is 6.17 Å². The number of fused-ring (bicyclic) bond motifs is 1. The standard InChI is InChI=1S/C29H35FN7O2.Lr/c1-3-37-25-10-6-9-23(32-24-12-13-35(2)18-22(24)30)21(25)15-26(37)28-33-27(39-34-28)16-31-29(38)19-11-14-36(17-19)20-7-4-5-8-20;/h6,9-11,14-15,17,20,24,32H,3-5,7-8,12-13,16,18H2,1-2H3,(H,31,38);/q-1;/t24-;/m1./s1. The van der Waals surface area contributed by atoms with Crippen molar-refractivity contribution in [1.82, 2.24) is 29.5 Å². The van der Waals surface area contributed by atoms with Crippen LogP contribution in [0.2, 0.25) is 0 Å². The minimum absolute atomic E-state index is 0. The van der Waals surface area contributed by atoms with Crippen LogP contribution < -0.4 is 10.6 Å². The molecule has 3 aromatic heterocycles. The topological polar surface area (TPSA) is 93.2 Å². The van der Waals surface area contributed by atoms with Crippen molar-refractivity contribution in [2.45, 2.75) is 64.2 Å². The number of nitrogens with zero attached hydrogens (tertiary/aromatic N) is 5. The Morgan fingerprint density at radius 1 is 1.23 bits per heavy atom. The maximum Gasteiger partial charge on any atom is 0.253 e. The molecule has 221 valence electrons. The molecule has 11 heteroatoms. The Bertz CT molecular complexity index is 1460. The zero-order valence-corrected chi connectivity index (χ0v) is 24.9. The summed E-state index contributed by atoms with van der Waals surface area (Å²) >= 11 is 0. The summed E-state index contributed by atoms with van der Waals surface area (Å²) in [5.41, 5.74) is 3.33. The molecule has 1 aliphatic heterocycles. The van der Waals surface area contributed by atoms with E-state index in [1.165, 1.54) is 25.7 Å². The number of nitrogens with one attached hydrogen (secondary N) is 2. The Morgan fingerprint density at radius 3 is 2.83 bits per heavy atom. The van der Waals surface area contributed by atoms with Gasteiger partial charge in [0.15, 0.2) is 0 Å². The van der Waals surface area contributed by atoms with Crippen molar-refractivity contribution < 1.29 is 13.7 Å². The minimum atomic E-state index is -0.310. The first-order valence-corrected chi connectivity index (χ1v) is 13.9. The number of likely N-dealkylation sites (tertiary alicyclic amines) is 1. The van der Waals surface area contributed by atoms with Crippen LogP contribution in [-0.2, 0) is 13.1 Å². The molecule has 1 saturated heterocycles. The molecule has 1 aromatic carbocycles. The molecule has 4 heterocycles. The third-order valence-corrected chi connectivity index (χ3v) is 8.01. The summed E-state index contributed by atoms with van der Waals surface area (Å²) in [6.45, 7) is 4.10. The Hall–Kier alpha value is -4.66. The average Bonchev–Trinajstić information content (AvgIpc) is 3.74. The number of amides is 1. The maximum absolute atomic E-state index is 14.7. The number of aryl methyl sites for hydroxylation is 1. The fraction of sp³-hybridized carbons (Fsp3) is 0.448. The molecule has 40 heavy (non-hydrogen) atoms. The number of halogens is 1. The van der Waals surface area contributed by atoms with E-state index >= 15 is 0 Å². The minimum Gasteiger partial charge on any atom is -0.453 e. The second kappa shape index (κ2) is 11.2. The monoisotopic (exact) mass is 794 g/mol. The number of hydrogen-bond donors (Lipinski definition) is 2. The van der Waals surface area contributed by atoms with Gasteiger partial charge in [0.05, 0.1) is 23.3 Å². The Kier molecular flexibility index (Phi) is 7.55. The van der Waals surface area contributed by atoms with E-state index in [2.05, 4.69) is 36.8 Å². The van der Waals surface area contributed by atoms with E-state index in [9.17, 15) is 9.18 Å². The van der Waals surface area contributed by atoms with E-state index in [1.807, 2.05) is 54.7 Å². The van der Waals surface area contributed by atoms with Crippen molar-refractivity contribution in [3.8, 4) is 11.5 Å². The fourth-order valence-electron chi connectivity index (χ4n) is 5.89. The SMILES string of the molecule is CCn1c(-c2noc(CNC(=O)c3ccn(C4CCCC4)c3)n2)cc2c(N[C@@H]3CCN(C)C[C-]3F)cccc21.[Lr]. The van der Waals surface area contributed by atoms with Crippen LogP contribution in [0, 0.1) is 6.17 Å². The number of anilines is 1. The quantitative estimate of drug-likeness (QED) is 0.239. The van der Waals surface area contributed by atoms with E-state index in [0.29, 0.717) is 42.8 Å². The van der Waals surface area contributed by atoms with Crippen molar-refractivity contribution in [2.24, 2.45) is 0 Å². The van der Waals surface area contributed by atoms with Crippen molar-refractivity contribution in [2.75, 3.05) is 25.5 Å². The van der Waals surface area contributed by atoms with Gasteiger partial charge in [-0.1, -0.05) is 36.7 Å². The molecule has 9 nitrogen and oxygen atoms in total. The molecule has 4 aromatic rings. The van der Waals surface area contributed by atoms with Gasteiger partial charge in [0, 0.05) is 36.1 Å². The van der Waals surface area contributed by atoms with Gasteiger partial charge in [0.1, 0.15) is 0 Å². The Labute approximate surface area is 227 Å². The normalized spacial score (nSPS) is 18.7. The number of rotatable bonds is 8. The van der Waals surface area contributed by atoms with Crippen LogP contribution in [0.25, 0.3) is 22.4 Å². The van der Waals surface area contributed by atoms with Crippen LogP contribution in [-0.4, -0.2) is 56.3 Å². The largest absolute Gasteiger partial charge is 0.453 e. The van der Waals surface area contributed by atoms with Crippen LogP contribution >= 0.6 is 0 Å². The molecule has 1 amide bonds. The summed E-state index contributed by atoms with van der Waals surface area (Å²) in [4.78, 5) is 19.3. The summed E-state index contributed by atoms with van der Waals surface area (Å²) in [6.07, 6.45) is 9.40. The first-order chi connectivity index (χ1) is 19.0. The van der Waals surface area contributed by atoms with Gasteiger partial charge in [0.25, 0.3) is 5.91 Å². The maximum atomic E-state index is 14.7. The second-order valence-electron chi connectivity index (χ2n) is 10.7. The van der Waals surface area contributed by atoms with Gasteiger partial charge in [-0.3, -0.25) is 4.79 Å². The molecule has 1 saturated carbocycles. The summed E-state index contributed by atoms with van der Waals surface area (Å²) in [6, 6.07) is 10.1. The zero-order valence-electron chi connectivity index (χ0n) is 22.7. The third kappa shape index (κ3) is 5.14. The number of piperidine rings is 1. The number of carbonyl (C=O) groups excluding carboxylic acids is 1. The predicted molar refractivity (Wildman–Crippen MR) is 148 cm³/mol. The predicted octanol–water partition coefficient (Wildman–Crippen LogP) is 5.18. The molecule has 0 spiro atoms. The molecule has 2 N–H and O–H groups in total. The third-order valence-electron chi connectivity index (χ3n) is 8.01. The fourth-order valence-corrected chi connectivity index (χ4v) is 5.89. The summed E-state index contributed by atoms with van der Waals surface area (Å²) in [5.74, 6) is 0.623. The van der Waals surface area contributed by atoms with Crippen molar-refractivity contribution in [1.29, 1.82) is 0 Å². The van der Waals surface area contributed by atoms with E-state index in [1.54, 1.807) is 0 Å². The molecule has 1 aliphatic carbocycles. The number of carbonyl (C=O) groups is 1. The van der Waals surface area contributed by atoms with Crippen LogP contribution in [0.3, 0.4) is 0 Å². The van der Waals surface area contributed by atoms with Gasteiger partial charge < -0.3 is 33.6 Å². The Morgan fingerprint density at radius 2 is 2.05 bits per heavy atom. The van der Waals surface area contributed by atoms with E-state index in [0.717, 1.165) is 28.8 Å². The summed E-state index contributed by atoms with van der Waals surface area (Å²) in [5, 5.41) is 11.5. The molecule has 1 atom stereocenters. The molecule has 2 aliphatic rings.